The second-order valence-corrected chi connectivity index (χ2v) is 4.73. The molecule has 2 aromatic rings. The summed E-state index contributed by atoms with van der Waals surface area (Å²) in [5, 5.41) is 13.8. The maximum atomic E-state index is 12.4. The Morgan fingerprint density at radius 1 is 1.42 bits per heavy atom. The molecule has 0 aliphatic carbocycles. The Kier molecular flexibility index (Phi) is 5.51. The van der Waals surface area contributed by atoms with Crippen LogP contribution in [0.5, 0.6) is 11.5 Å². The number of aryl methyl sites for hydroxylation is 1. The molecule has 0 amide bonds. The van der Waals surface area contributed by atoms with Gasteiger partial charge < -0.3 is 24.9 Å². The molecule has 24 heavy (non-hydrogen) atoms. The van der Waals surface area contributed by atoms with Crippen LogP contribution >= 0.6 is 0 Å². The SMILES string of the molecule is CCOc1cc(CNc2c([N+](=O)[O-])ncn2C)ccc1OC(F)F. The first-order valence-electron chi connectivity index (χ1n) is 7.02. The zero-order valence-corrected chi connectivity index (χ0v) is 13.0. The summed E-state index contributed by atoms with van der Waals surface area (Å²) in [5.41, 5.74) is 0.676. The highest BCUT2D eigenvalue weighted by atomic mass is 19.3. The number of halogens is 2. The van der Waals surface area contributed by atoms with Crippen LogP contribution in [0.15, 0.2) is 24.5 Å². The smallest absolute Gasteiger partial charge is 0.406 e. The Morgan fingerprint density at radius 3 is 2.79 bits per heavy atom. The van der Waals surface area contributed by atoms with E-state index in [4.69, 9.17) is 4.74 Å². The van der Waals surface area contributed by atoms with Gasteiger partial charge in [0, 0.05) is 13.6 Å². The summed E-state index contributed by atoms with van der Waals surface area (Å²) in [5.74, 6) is 0.0600. The van der Waals surface area contributed by atoms with Crippen LogP contribution in [-0.2, 0) is 13.6 Å². The number of rotatable bonds is 8. The van der Waals surface area contributed by atoms with Gasteiger partial charge in [-0.05, 0) is 34.5 Å². The molecule has 0 aliphatic rings. The van der Waals surface area contributed by atoms with Gasteiger partial charge in [-0.3, -0.25) is 4.57 Å². The van der Waals surface area contributed by atoms with Crippen molar-refractivity contribution in [2.24, 2.45) is 7.05 Å². The predicted octanol–water partition coefficient (Wildman–Crippen LogP) is 2.94. The van der Waals surface area contributed by atoms with Gasteiger partial charge in [0.2, 0.25) is 12.1 Å². The van der Waals surface area contributed by atoms with Gasteiger partial charge in [-0.2, -0.15) is 8.78 Å². The Bertz CT molecular complexity index is 721. The van der Waals surface area contributed by atoms with Crippen molar-refractivity contribution < 1.29 is 23.2 Å². The van der Waals surface area contributed by atoms with Crippen LogP contribution in [0, 0.1) is 10.1 Å². The number of benzene rings is 1. The van der Waals surface area contributed by atoms with Crippen molar-refractivity contribution in [3.8, 4) is 11.5 Å². The summed E-state index contributed by atoms with van der Waals surface area (Å²) in [6.45, 7) is -0.736. The fourth-order valence-electron chi connectivity index (χ4n) is 2.07. The van der Waals surface area contributed by atoms with Gasteiger partial charge >= 0.3 is 12.4 Å². The van der Waals surface area contributed by atoms with Gasteiger partial charge in [-0.25, -0.2) is 0 Å². The molecule has 0 spiro atoms. The molecular weight excluding hydrogens is 326 g/mol. The third-order valence-electron chi connectivity index (χ3n) is 3.07. The van der Waals surface area contributed by atoms with Crippen molar-refractivity contribution in [2.45, 2.75) is 20.1 Å². The molecule has 0 saturated heterocycles. The molecule has 0 radical (unpaired) electrons. The number of alkyl halides is 2. The summed E-state index contributed by atoms with van der Waals surface area (Å²) >= 11 is 0. The molecule has 0 unspecified atom stereocenters. The lowest BCUT2D eigenvalue weighted by Crippen LogP contribution is -2.08. The average Bonchev–Trinajstić information content (AvgIpc) is 2.88. The second-order valence-electron chi connectivity index (χ2n) is 4.73. The minimum atomic E-state index is -2.95. The third kappa shape index (κ3) is 4.09. The van der Waals surface area contributed by atoms with E-state index in [1.807, 2.05) is 0 Å². The zero-order valence-electron chi connectivity index (χ0n) is 13.0. The van der Waals surface area contributed by atoms with E-state index < -0.39 is 11.5 Å². The molecule has 130 valence electrons. The van der Waals surface area contributed by atoms with Gasteiger partial charge in [0.1, 0.15) is 0 Å². The van der Waals surface area contributed by atoms with Gasteiger partial charge in [0.25, 0.3) is 0 Å². The van der Waals surface area contributed by atoms with E-state index in [0.29, 0.717) is 5.56 Å². The molecule has 1 aromatic heterocycles. The number of nitrogens with zero attached hydrogens (tertiary/aromatic N) is 3. The summed E-state index contributed by atoms with van der Waals surface area (Å²) < 4.78 is 35.9. The largest absolute Gasteiger partial charge is 0.490 e. The van der Waals surface area contributed by atoms with E-state index in [1.54, 1.807) is 20.0 Å². The summed E-state index contributed by atoms with van der Waals surface area (Å²) in [7, 11) is 1.62. The number of hydrogen-bond donors (Lipinski definition) is 1. The van der Waals surface area contributed by atoms with E-state index >= 15 is 0 Å². The number of anilines is 1. The highest BCUT2D eigenvalue weighted by Gasteiger charge is 2.20. The lowest BCUT2D eigenvalue weighted by molar-refractivity contribution is -0.388. The summed E-state index contributed by atoms with van der Waals surface area (Å²) in [6.07, 6.45) is 1.33. The van der Waals surface area contributed by atoms with Gasteiger partial charge in [-0.1, -0.05) is 6.07 Å². The molecule has 0 atom stereocenters. The first kappa shape index (κ1) is 17.4. The highest BCUT2D eigenvalue weighted by Crippen LogP contribution is 2.30. The molecule has 1 N–H and O–H groups in total. The van der Waals surface area contributed by atoms with Crippen molar-refractivity contribution >= 4 is 11.6 Å². The van der Waals surface area contributed by atoms with Gasteiger partial charge in [0.05, 0.1) is 6.61 Å². The summed E-state index contributed by atoms with van der Waals surface area (Å²) in [4.78, 5) is 14.0. The van der Waals surface area contributed by atoms with Gasteiger partial charge in [0.15, 0.2) is 11.5 Å². The Morgan fingerprint density at radius 2 is 2.17 bits per heavy atom. The molecule has 2 rings (SSSR count). The van der Waals surface area contributed by atoms with Crippen molar-refractivity contribution in [3.05, 3.63) is 40.2 Å². The number of ether oxygens (including phenoxy) is 2. The average molecular weight is 342 g/mol. The van der Waals surface area contributed by atoms with Crippen molar-refractivity contribution in [3.63, 3.8) is 0 Å². The minimum Gasteiger partial charge on any atom is -0.490 e. The van der Waals surface area contributed by atoms with E-state index in [0.717, 1.165) is 0 Å². The minimum absolute atomic E-state index is 0.0675. The van der Waals surface area contributed by atoms with Crippen LogP contribution in [-0.4, -0.2) is 27.7 Å². The van der Waals surface area contributed by atoms with E-state index in [1.165, 1.54) is 23.0 Å². The first-order valence-corrected chi connectivity index (χ1v) is 7.02. The fourth-order valence-corrected chi connectivity index (χ4v) is 2.07. The maximum Gasteiger partial charge on any atom is 0.406 e. The molecular formula is C14H16F2N4O4. The quantitative estimate of drug-likeness (QED) is 0.586. The molecule has 0 bridgehead atoms. The lowest BCUT2D eigenvalue weighted by atomic mass is 10.2. The van der Waals surface area contributed by atoms with Crippen LogP contribution in [0.3, 0.4) is 0 Å². The topological polar surface area (TPSA) is 91.5 Å². The lowest BCUT2D eigenvalue weighted by Gasteiger charge is -2.13. The molecule has 1 aromatic carbocycles. The zero-order chi connectivity index (χ0) is 17.7. The number of imidazole rings is 1. The third-order valence-corrected chi connectivity index (χ3v) is 3.07. The molecule has 0 fully saturated rings. The maximum absolute atomic E-state index is 12.4. The number of nitro groups is 1. The number of aromatic nitrogens is 2. The van der Waals surface area contributed by atoms with Gasteiger partial charge in [-0.15, -0.1) is 0 Å². The monoisotopic (exact) mass is 342 g/mol. The van der Waals surface area contributed by atoms with Crippen LogP contribution in [0.1, 0.15) is 12.5 Å². The van der Waals surface area contributed by atoms with Crippen molar-refractivity contribution in [1.29, 1.82) is 0 Å². The Balaban J connectivity index is 2.17. The Hall–Kier alpha value is -2.91. The van der Waals surface area contributed by atoms with E-state index in [2.05, 4.69) is 15.0 Å². The summed E-state index contributed by atoms with van der Waals surface area (Å²) in [6, 6.07) is 4.47. The molecule has 0 saturated carbocycles. The molecule has 0 aliphatic heterocycles. The van der Waals surface area contributed by atoms with Crippen LogP contribution in [0.4, 0.5) is 20.4 Å². The second kappa shape index (κ2) is 7.57. The highest BCUT2D eigenvalue weighted by molar-refractivity contribution is 5.53. The van der Waals surface area contributed by atoms with Crippen molar-refractivity contribution in [1.82, 2.24) is 9.55 Å². The van der Waals surface area contributed by atoms with Crippen molar-refractivity contribution in [2.75, 3.05) is 11.9 Å². The predicted molar refractivity (Wildman–Crippen MR) is 81.4 cm³/mol. The normalized spacial score (nSPS) is 10.7. The molecule has 1 heterocycles. The van der Waals surface area contributed by atoms with Crippen LogP contribution in [0.2, 0.25) is 0 Å². The van der Waals surface area contributed by atoms with Crippen LogP contribution < -0.4 is 14.8 Å². The van der Waals surface area contributed by atoms with Crippen LogP contribution in [0.25, 0.3) is 0 Å². The number of nitrogens with one attached hydrogen (secondary N) is 1. The van der Waals surface area contributed by atoms with E-state index in [9.17, 15) is 18.9 Å². The molecule has 8 nitrogen and oxygen atoms in total. The van der Waals surface area contributed by atoms with E-state index in [-0.39, 0.29) is 36.3 Å². The standard InChI is InChI=1S/C14H16F2N4O4/c1-3-23-11-6-9(4-5-10(11)24-14(15)16)7-17-12-13(20(21)22)18-8-19(12)2/h4-6,8,14,17H,3,7H2,1-2H3. The Labute approximate surface area is 136 Å². The molecule has 10 heteroatoms. The fraction of sp³-hybridized carbons (Fsp3) is 0.357. The first-order chi connectivity index (χ1) is 11.4. The number of hydrogen-bond acceptors (Lipinski definition) is 6.